The number of anilines is 1. The Balaban J connectivity index is 1.75. The van der Waals surface area contributed by atoms with Gasteiger partial charge in [-0.2, -0.15) is 0 Å². The number of hydrogen-bond donors (Lipinski definition) is 1. The fraction of sp³-hybridized carbons (Fsp3) is 0.583. The van der Waals surface area contributed by atoms with Gasteiger partial charge in [-0.25, -0.2) is 4.98 Å². The highest BCUT2D eigenvalue weighted by Crippen LogP contribution is 2.29. The van der Waals surface area contributed by atoms with Crippen LogP contribution >= 0.6 is 0 Å². The van der Waals surface area contributed by atoms with Gasteiger partial charge < -0.3 is 10.1 Å². The zero-order valence-corrected chi connectivity index (χ0v) is 9.20. The third-order valence-corrected chi connectivity index (χ3v) is 2.50. The molecule has 0 amide bonds. The van der Waals surface area contributed by atoms with Crippen molar-refractivity contribution in [1.29, 1.82) is 0 Å². The zero-order chi connectivity index (χ0) is 10.5. The fourth-order valence-corrected chi connectivity index (χ4v) is 1.42. The molecule has 0 unspecified atom stereocenters. The quantitative estimate of drug-likeness (QED) is 0.776. The van der Waals surface area contributed by atoms with Crippen LogP contribution < -0.4 is 5.32 Å². The van der Waals surface area contributed by atoms with Crippen LogP contribution in [0.4, 0.5) is 5.82 Å². The molecule has 0 saturated heterocycles. The van der Waals surface area contributed by atoms with Crippen molar-refractivity contribution in [2.75, 3.05) is 18.5 Å². The SMILES string of the molecule is CCNc1ccc(COCC2CC2)cn1. The van der Waals surface area contributed by atoms with Crippen LogP contribution in [0.5, 0.6) is 0 Å². The van der Waals surface area contributed by atoms with Crippen LogP contribution in [0.25, 0.3) is 0 Å². The largest absolute Gasteiger partial charge is 0.376 e. The van der Waals surface area contributed by atoms with Crippen molar-refractivity contribution >= 4 is 5.82 Å². The van der Waals surface area contributed by atoms with Crippen LogP contribution in [0.15, 0.2) is 18.3 Å². The summed E-state index contributed by atoms with van der Waals surface area (Å²) in [7, 11) is 0. The van der Waals surface area contributed by atoms with Crippen molar-refractivity contribution in [3.63, 3.8) is 0 Å². The molecule has 1 heterocycles. The van der Waals surface area contributed by atoms with Crippen molar-refractivity contribution in [3.05, 3.63) is 23.9 Å². The minimum absolute atomic E-state index is 0.690. The summed E-state index contributed by atoms with van der Waals surface area (Å²) in [5, 5.41) is 3.17. The Kier molecular flexibility index (Phi) is 3.56. The average molecular weight is 206 g/mol. The monoisotopic (exact) mass is 206 g/mol. The van der Waals surface area contributed by atoms with Gasteiger partial charge in [-0.05, 0) is 37.3 Å². The van der Waals surface area contributed by atoms with Crippen molar-refractivity contribution in [3.8, 4) is 0 Å². The van der Waals surface area contributed by atoms with Crippen LogP contribution in [0, 0.1) is 5.92 Å². The van der Waals surface area contributed by atoms with Crippen LogP contribution in [-0.4, -0.2) is 18.1 Å². The summed E-state index contributed by atoms with van der Waals surface area (Å²) in [5.74, 6) is 1.77. The van der Waals surface area contributed by atoms with Gasteiger partial charge in [0.15, 0.2) is 0 Å². The number of rotatable bonds is 6. The first-order chi connectivity index (χ1) is 7.38. The number of nitrogens with zero attached hydrogens (tertiary/aromatic N) is 1. The van der Waals surface area contributed by atoms with Gasteiger partial charge in [0.25, 0.3) is 0 Å². The Morgan fingerprint density at radius 2 is 2.33 bits per heavy atom. The van der Waals surface area contributed by atoms with Gasteiger partial charge in [0, 0.05) is 19.3 Å². The highest BCUT2D eigenvalue weighted by atomic mass is 16.5. The molecule has 1 saturated carbocycles. The standard InChI is InChI=1S/C12H18N2O/c1-2-13-12-6-5-11(7-14-12)9-15-8-10-3-4-10/h5-7,10H,2-4,8-9H2,1H3,(H,13,14). The molecular weight excluding hydrogens is 188 g/mol. The van der Waals surface area contributed by atoms with Crippen LogP contribution in [0.3, 0.4) is 0 Å². The molecule has 0 bridgehead atoms. The lowest BCUT2D eigenvalue weighted by Gasteiger charge is -2.05. The topological polar surface area (TPSA) is 34.1 Å². The van der Waals surface area contributed by atoms with E-state index in [-0.39, 0.29) is 0 Å². The summed E-state index contributed by atoms with van der Waals surface area (Å²) in [4.78, 5) is 4.29. The van der Waals surface area contributed by atoms with Gasteiger partial charge in [0.2, 0.25) is 0 Å². The summed E-state index contributed by atoms with van der Waals surface area (Å²) in [6.45, 7) is 4.57. The molecule has 1 aliphatic rings. The normalized spacial score (nSPS) is 15.3. The van der Waals surface area contributed by atoms with Crippen LogP contribution in [-0.2, 0) is 11.3 Å². The Morgan fingerprint density at radius 1 is 1.47 bits per heavy atom. The first kappa shape index (κ1) is 10.4. The third-order valence-electron chi connectivity index (χ3n) is 2.50. The predicted molar refractivity (Wildman–Crippen MR) is 60.8 cm³/mol. The molecule has 3 nitrogen and oxygen atoms in total. The van der Waals surface area contributed by atoms with E-state index in [2.05, 4.69) is 23.3 Å². The second-order valence-electron chi connectivity index (χ2n) is 4.04. The Morgan fingerprint density at radius 3 is 2.93 bits per heavy atom. The molecule has 15 heavy (non-hydrogen) atoms. The second kappa shape index (κ2) is 5.12. The highest BCUT2D eigenvalue weighted by Gasteiger charge is 2.20. The lowest BCUT2D eigenvalue weighted by atomic mass is 10.3. The maximum absolute atomic E-state index is 5.58. The molecule has 3 heteroatoms. The van der Waals surface area contributed by atoms with E-state index in [0.717, 1.165) is 30.5 Å². The molecule has 82 valence electrons. The summed E-state index contributed by atoms with van der Waals surface area (Å²) in [6.07, 6.45) is 4.57. The van der Waals surface area contributed by atoms with Gasteiger partial charge in [-0.1, -0.05) is 6.07 Å². The third kappa shape index (κ3) is 3.51. The van der Waals surface area contributed by atoms with E-state index in [1.165, 1.54) is 12.8 Å². The molecule has 0 atom stereocenters. The Bertz CT molecular complexity index is 293. The lowest BCUT2D eigenvalue weighted by Crippen LogP contribution is -2.01. The highest BCUT2D eigenvalue weighted by molar-refractivity contribution is 5.34. The minimum atomic E-state index is 0.690. The van der Waals surface area contributed by atoms with Gasteiger partial charge in [0.1, 0.15) is 5.82 Å². The van der Waals surface area contributed by atoms with Crippen molar-refractivity contribution in [1.82, 2.24) is 4.98 Å². The zero-order valence-electron chi connectivity index (χ0n) is 9.20. The molecule has 1 fully saturated rings. The van der Waals surface area contributed by atoms with Crippen molar-refractivity contribution in [2.45, 2.75) is 26.4 Å². The van der Waals surface area contributed by atoms with E-state index in [1.54, 1.807) is 0 Å². The van der Waals surface area contributed by atoms with Gasteiger partial charge in [-0.3, -0.25) is 0 Å². The smallest absolute Gasteiger partial charge is 0.125 e. The number of pyridine rings is 1. The molecule has 1 N–H and O–H groups in total. The average Bonchev–Trinajstić information content (AvgIpc) is 3.05. The van der Waals surface area contributed by atoms with Crippen LogP contribution in [0.1, 0.15) is 25.3 Å². The fourth-order valence-electron chi connectivity index (χ4n) is 1.42. The van der Waals surface area contributed by atoms with Crippen molar-refractivity contribution < 1.29 is 4.74 Å². The van der Waals surface area contributed by atoms with E-state index >= 15 is 0 Å². The molecule has 0 radical (unpaired) electrons. The molecule has 1 aliphatic carbocycles. The van der Waals surface area contributed by atoms with Crippen molar-refractivity contribution in [2.24, 2.45) is 5.92 Å². The number of ether oxygens (including phenoxy) is 1. The summed E-state index contributed by atoms with van der Waals surface area (Å²) < 4.78 is 5.58. The summed E-state index contributed by atoms with van der Waals surface area (Å²) >= 11 is 0. The number of hydrogen-bond acceptors (Lipinski definition) is 3. The molecule has 0 aliphatic heterocycles. The van der Waals surface area contributed by atoms with E-state index in [4.69, 9.17) is 4.74 Å². The second-order valence-corrected chi connectivity index (χ2v) is 4.04. The first-order valence-corrected chi connectivity index (χ1v) is 5.65. The molecule has 1 aromatic rings. The maximum Gasteiger partial charge on any atom is 0.125 e. The Labute approximate surface area is 90.9 Å². The molecule has 0 spiro atoms. The van der Waals surface area contributed by atoms with Gasteiger partial charge in [0.05, 0.1) is 6.61 Å². The van der Waals surface area contributed by atoms with E-state index in [0.29, 0.717) is 6.61 Å². The number of aromatic nitrogens is 1. The summed E-state index contributed by atoms with van der Waals surface area (Å²) in [5.41, 5.74) is 1.15. The van der Waals surface area contributed by atoms with E-state index in [9.17, 15) is 0 Å². The molecule has 2 rings (SSSR count). The Hall–Kier alpha value is -1.09. The van der Waals surface area contributed by atoms with Crippen LogP contribution in [0.2, 0.25) is 0 Å². The lowest BCUT2D eigenvalue weighted by molar-refractivity contribution is 0.111. The minimum Gasteiger partial charge on any atom is -0.376 e. The van der Waals surface area contributed by atoms with Gasteiger partial charge >= 0.3 is 0 Å². The molecular formula is C12H18N2O. The summed E-state index contributed by atoms with van der Waals surface area (Å²) in [6, 6.07) is 4.07. The molecule has 1 aromatic heterocycles. The number of nitrogens with one attached hydrogen (secondary N) is 1. The first-order valence-electron chi connectivity index (χ1n) is 5.65. The van der Waals surface area contributed by atoms with E-state index < -0.39 is 0 Å². The van der Waals surface area contributed by atoms with Gasteiger partial charge in [-0.15, -0.1) is 0 Å². The maximum atomic E-state index is 5.58. The molecule has 0 aromatic carbocycles. The predicted octanol–water partition coefficient (Wildman–Crippen LogP) is 2.44. The van der Waals surface area contributed by atoms with E-state index in [1.807, 2.05) is 12.3 Å².